The number of aromatic carboxylic acids is 1. The Balaban J connectivity index is 1.89. The van der Waals surface area contributed by atoms with Gasteiger partial charge in [-0.15, -0.1) is 0 Å². The van der Waals surface area contributed by atoms with Crippen molar-refractivity contribution in [2.75, 3.05) is 0 Å². The summed E-state index contributed by atoms with van der Waals surface area (Å²) in [4.78, 5) is 28.8. The number of aromatic nitrogens is 2. The van der Waals surface area contributed by atoms with Gasteiger partial charge < -0.3 is 5.11 Å². The monoisotopic (exact) mass is 404 g/mol. The molecule has 3 aromatic carbocycles. The Bertz CT molecular complexity index is 1360. The molecule has 1 aromatic heterocycles. The van der Waals surface area contributed by atoms with E-state index >= 15 is 0 Å². The van der Waals surface area contributed by atoms with E-state index in [0.717, 1.165) is 12.1 Å². The second kappa shape index (κ2) is 7.71. The topological polar surface area (TPSA) is 72.2 Å². The minimum absolute atomic E-state index is 0.0828. The molecule has 0 spiro atoms. The van der Waals surface area contributed by atoms with Gasteiger partial charge >= 0.3 is 5.97 Å². The van der Waals surface area contributed by atoms with E-state index in [1.807, 2.05) is 0 Å². The predicted octanol–water partition coefficient (Wildman–Crippen LogP) is 4.53. The normalized spacial score (nSPS) is 11.3. The van der Waals surface area contributed by atoms with Crippen molar-refractivity contribution in [3.8, 4) is 5.69 Å². The molecule has 5 nitrogen and oxygen atoms in total. The Kier molecular flexibility index (Phi) is 4.93. The number of hydrogen-bond donors (Lipinski definition) is 1. The van der Waals surface area contributed by atoms with E-state index in [-0.39, 0.29) is 16.9 Å². The summed E-state index contributed by atoms with van der Waals surface area (Å²) in [5.41, 5.74) is 1.04. The van der Waals surface area contributed by atoms with Gasteiger partial charge in [0.1, 0.15) is 5.82 Å². The van der Waals surface area contributed by atoms with Gasteiger partial charge in [-0.05, 0) is 60.2 Å². The van der Waals surface area contributed by atoms with Gasteiger partial charge in [-0.1, -0.05) is 24.3 Å². The maximum absolute atomic E-state index is 13.5. The van der Waals surface area contributed by atoms with Crippen LogP contribution in [0.3, 0.4) is 0 Å². The second-order valence-corrected chi connectivity index (χ2v) is 6.49. The number of nitrogens with zero attached hydrogens (tertiary/aromatic N) is 2. The Hall–Kier alpha value is -4.13. The minimum atomic E-state index is -1.08. The van der Waals surface area contributed by atoms with Gasteiger partial charge in [0.25, 0.3) is 5.56 Å². The van der Waals surface area contributed by atoms with Gasteiger partial charge in [0.05, 0.1) is 22.2 Å². The van der Waals surface area contributed by atoms with Crippen molar-refractivity contribution in [1.82, 2.24) is 9.55 Å². The van der Waals surface area contributed by atoms with Gasteiger partial charge in [0.15, 0.2) is 11.6 Å². The largest absolute Gasteiger partial charge is 0.478 e. The molecule has 1 N–H and O–H groups in total. The fourth-order valence-corrected chi connectivity index (χ4v) is 3.05. The molecule has 0 aliphatic heterocycles. The van der Waals surface area contributed by atoms with Gasteiger partial charge in [-0.2, -0.15) is 0 Å². The summed E-state index contributed by atoms with van der Waals surface area (Å²) in [6.45, 7) is 0. The average Bonchev–Trinajstić information content (AvgIpc) is 2.75. The Morgan fingerprint density at radius 3 is 2.37 bits per heavy atom. The fraction of sp³-hybridized carbons (Fsp3) is 0. The number of fused-ring (bicyclic) bond motifs is 1. The third kappa shape index (κ3) is 3.60. The van der Waals surface area contributed by atoms with E-state index in [4.69, 9.17) is 5.11 Å². The van der Waals surface area contributed by atoms with Gasteiger partial charge in [0.2, 0.25) is 0 Å². The molecule has 0 saturated heterocycles. The smallest absolute Gasteiger partial charge is 0.335 e. The molecule has 0 saturated carbocycles. The summed E-state index contributed by atoms with van der Waals surface area (Å²) < 4.78 is 28.0. The molecule has 1 heterocycles. The van der Waals surface area contributed by atoms with Crippen molar-refractivity contribution in [2.45, 2.75) is 0 Å². The maximum atomic E-state index is 13.5. The van der Waals surface area contributed by atoms with Gasteiger partial charge in [0, 0.05) is 0 Å². The number of carbonyl (C=O) groups is 1. The molecule has 0 radical (unpaired) electrons. The van der Waals surface area contributed by atoms with Crippen LogP contribution < -0.4 is 5.56 Å². The molecule has 0 bridgehead atoms. The van der Waals surface area contributed by atoms with Crippen LogP contribution in [0.5, 0.6) is 0 Å². The summed E-state index contributed by atoms with van der Waals surface area (Å²) >= 11 is 0. The van der Waals surface area contributed by atoms with Crippen LogP contribution in [0, 0.1) is 11.6 Å². The molecule has 0 aliphatic rings. The highest BCUT2D eigenvalue weighted by molar-refractivity contribution is 5.88. The zero-order chi connectivity index (χ0) is 21.3. The van der Waals surface area contributed by atoms with E-state index in [1.54, 1.807) is 24.3 Å². The van der Waals surface area contributed by atoms with Crippen LogP contribution in [-0.2, 0) is 0 Å². The van der Waals surface area contributed by atoms with Crippen LogP contribution in [0.1, 0.15) is 21.7 Å². The SMILES string of the molecule is O=C(O)c1ccc(-n2c(/C=C/c3ccc(F)c(F)c3)nc3ccccc3c2=O)cc1. The molecule has 0 unspecified atom stereocenters. The lowest BCUT2D eigenvalue weighted by Crippen LogP contribution is -2.22. The Labute approximate surface area is 169 Å². The highest BCUT2D eigenvalue weighted by atomic mass is 19.2. The molecule has 0 aliphatic carbocycles. The number of benzene rings is 3. The molecule has 148 valence electrons. The predicted molar refractivity (Wildman–Crippen MR) is 110 cm³/mol. The second-order valence-electron chi connectivity index (χ2n) is 6.49. The zero-order valence-corrected chi connectivity index (χ0v) is 15.4. The molecule has 30 heavy (non-hydrogen) atoms. The first-order valence-electron chi connectivity index (χ1n) is 8.93. The first-order chi connectivity index (χ1) is 14.4. The average molecular weight is 404 g/mol. The summed E-state index contributed by atoms with van der Waals surface area (Å²) in [7, 11) is 0. The number of para-hydroxylation sites is 1. The fourth-order valence-electron chi connectivity index (χ4n) is 3.05. The lowest BCUT2D eigenvalue weighted by Gasteiger charge is -2.11. The lowest BCUT2D eigenvalue weighted by molar-refractivity contribution is 0.0697. The maximum Gasteiger partial charge on any atom is 0.335 e. The van der Waals surface area contributed by atoms with Gasteiger partial charge in [-0.25, -0.2) is 18.6 Å². The quantitative estimate of drug-likeness (QED) is 0.542. The van der Waals surface area contributed by atoms with Crippen molar-refractivity contribution in [1.29, 1.82) is 0 Å². The van der Waals surface area contributed by atoms with E-state index in [0.29, 0.717) is 22.2 Å². The molecule has 0 amide bonds. The summed E-state index contributed by atoms with van der Waals surface area (Å²) in [5.74, 6) is -2.76. The molecule has 4 aromatic rings. The lowest BCUT2D eigenvalue weighted by atomic mass is 10.1. The van der Waals surface area contributed by atoms with E-state index in [1.165, 1.54) is 47.1 Å². The minimum Gasteiger partial charge on any atom is -0.478 e. The van der Waals surface area contributed by atoms with Crippen molar-refractivity contribution >= 4 is 29.0 Å². The third-order valence-electron chi connectivity index (χ3n) is 4.54. The van der Waals surface area contributed by atoms with Crippen LogP contribution >= 0.6 is 0 Å². The first-order valence-corrected chi connectivity index (χ1v) is 8.93. The van der Waals surface area contributed by atoms with Crippen molar-refractivity contribution in [3.05, 3.63) is 106 Å². The molecule has 0 fully saturated rings. The van der Waals surface area contributed by atoms with Crippen molar-refractivity contribution < 1.29 is 18.7 Å². The molecule has 0 atom stereocenters. The number of halogens is 2. The number of carboxylic acid groups (broad SMARTS) is 1. The molecular formula is C23H14F2N2O3. The highest BCUT2D eigenvalue weighted by Gasteiger charge is 2.12. The number of hydrogen-bond acceptors (Lipinski definition) is 3. The van der Waals surface area contributed by atoms with Crippen LogP contribution in [0.4, 0.5) is 8.78 Å². The third-order valence-corrected chi connectivity index (χ3v) is 4.54. The van der Waals surface area contributed by atoms with Crippen LogP contribution in [0.15, 0.2) is 71.5 Å². The molecule has 7 heteroatoms. The number of carboxylic acids is 1. The Morgan fingerprint density at radius 2 is 1.67 bits per heavy atom. The van der Waals surface area contributed by atoms with Crippen LogP contribution in [-0.4, -0.2) is 20.6 Å². The van der Waals surface area contributed by atoms with Gasteiger partial charge in [-0.3, -0.25) is 9.36 Å². The van der Waals surface area contributed by atoms with E-state index < -0.39 is 17.6 Å². The summed E-state index contributed by atoms with van der Waals surface area (Å²) in [6.07, 6.45) is 3.03. The summed E-state index contributed by atoms with van der Waals surface area (Å²) in [5, 5.41) is 9.49. The number of rotatable bonds is 4. The standard InChI is InChI=1S/C23H14F2N2O3/c24-18-11-5-14(13-19(18)25)6-12-21-26-20-4-2-1-3-17(20)22(28)27(21)16-9-7-15(8-10-16)23(29)30/h1-13H,(H,29,30)/b12-6+. The zero-order valence-electron chi connectivity index (χ0n) is 15.4. The van der Waals surface area contributed by atoms with E-state index in [2.05, 4.69) is 4.98 Å². The van der Waals surface area contributed by atoms with E-state index in [9.17, 15) is 18.4 Å². The highest BCUT2D eigenvalue weighted by Crippen LogP contribution is 2.17. The first kappa shape index (κ1) is 19.2. The van der Waals surface area contributed by atoms with Crippen molar-refractivity contribution in [3.63, 3.8) is 0 Å². The van der Waals surface area contributed by atoms with Crippen LogP contribution in [0.25, 0.3) is 28.7 Å². The molecular weight excluding hydrogens is 390 g/mol. The summed E-state index contributed by atoms with van der Waals surface area (Å²) in [6, 6.07) is 16.1. The molecule has 4 rings (SSSR count). The Morgan fingerprint density at radius 1 is 0.933 bits per heavy atom. The van der Waals surface area contributed by atoms with Crippen molar-refractivity contribution in [2.24, 2.45) is 0 Å². The van der Waals surface area contributed by atoms with Crippen LogP contribution in [0.2, 0.25) is 0 Å².